The summed E-state index contributed by atoms with van der Waals surface area (Å²) in [6.07, 6.45) is 5.04. The van der Waals surface area contributed by atoms with E-state index in [-0.39, 0.29) is 48.2 Å². The predicted octanol–water partition coefficient (Wildman–Crippen LogP) is 7.25. The molecule has 7 rings (SSSR count). The number of fused-ring (bicyclic) bond motifs is 1. The Kier molecular flexibility index (Phi) is 12.3. The number of hydrogen-bond acceptors (Lipinski definition) is 9. The Morgan fingerprint density at radius 1 is 0.800 bits per heavy atom. The van der Waals surface area contributed by atoms with Gasteiger partial charge in [0.25, 0.3) is 0 Å². The van der Waals surface area contributed by atoms with Crippen LogP contribution in [0.15, 0.2) is 78.1 Å². The maximum Gasteiger partial charge on any atom is 0.407 e. The Labute approximate surface area is 350 Å². The van der Waals surface area contributed by atoms with Crippen LogP contribution in [-0.2, 0) is 19.1 Å². The van der Waals surface area contributed by atoms with Crippen molar-refractivity contribution >= 4 is 46.1 Å². The highest BCUT2D eigenvalue weighted by molar-refractivity contribution is 6.04. The standard InChI is InChI=1S/C46H52N8O6/c1-26(2)40(51-45(57)59-5)43(55)53-17-7-8-38(53)42-49-24-37(50-42)34-16-15-32-19-31(13-14-33(32)20-34)29-9-11-30(12-10-29)35-21-36(48-23-35)39-18-28(22-47)25-54(39)44(56)41(27(3)4)52-46(58)60-6/h9-16,19-20,23-24,26-28,38-41H,7-8,17-18,21,25H2,1-6H3,(H,49,50)(H,51,57)(H,52,58)/t28-,38?,39+,40+,41+/m1/s1. The van der Waals surface area contributed by atoms with E-state index in [1.165, 1.54) is 14.2 Å². The van der Waals surface area contributed by atoms with Crippen molar-refractivity contribution in [3.05, 3.63) is 84.4 Å². The first-order valence-electron chi connectivity index (χ1n) is 20.5. The number of methoxy groups -OCH3 is 2. The Morgan fingerprint density at radius 3 is 2.00 bits per heavy atom. The van der Waals surface area contributed by atoms with Gasteiger partial charge in [-0.25, -0.2) is 14.6 Å². The quantitative estimate of drug-likeness (QED) is 0.142. The molecule has 5 atom stereocenters. The number of allylic oxidation sites excluding steroid dienone is 1. The zero-order valence-electron chi connectivity index (χ0n) is 34.9. The topological polar surface area (TPSA) is 182 Å². The van der Waals surface area contributed by atoms with Crippen molar-refractivity contribution < 1.29 is 28.7 Å². The summed E-state index contributed by atoms with van der Waals surface area (Å²) in [5.41, 5.74) is 6.90. The molecule has 3 aliphatic rings. The SMILES string of the molecule is COC(=O)N[C@H](C(=O)N1CCCC1c1ncc(-c2ccc3cc(-c4ccc(C5=CN=C([C@@H]6C[C@H](C#N)CN6C(=O)[C@@H](NC(=O)OC)C(C)C)C5)cc4)ccc3c2)[nH]1)C(C)C. The summed E-state index contributed by atoms with van der Waals surface area (Å²) in [6.45, 7) is 8.40. The molecule has 3 aromatic carbocycles. The molecule has 3 N–H and O–H groups in total. The molecule has 14 heteroatoms. The smallest absolute Gasteiger partial charge is 0.407 e. The van der Waals surface area contributed by atoms with Crippen LogP contribution in [0.3, 0.4) is 0 Å². The number of aromatic amines is 1. The largest absolute Gasteiger partial charge is 0.453 e. The van der Waals surface area contributed by atoms with Gasteiger partial charge in [0.05, 0.1) is 50.2 Å². The van der Waals surface area contributed by atoms with Crippen molar-refractivity contribution in [2.75, 3.05) is 27.3 Å². The van der Waals surface area contributed by atoms with Crippen molar-refractivity contribution in [2.24, 2.45) is 22.7 Å². The fourth-order valence-corrected chi connectivity index (χ4v) is 8.51. The minimum Gasteiger partial charge on any atom is -0.453 e. The van der Waals surface area contributed by atoms with E-state index in [0.717, 1.165) is 68.7 Å². The minimum absolute atomic E-state index is 0.111. The van der Waals surface area contributed by atoms with Gasteiger partial charge in [0.1, 0.15) is 17.9 Å². The zero-order chi connectivity index (χ0) is 42.7. The van der Waals surface area contributed by atoms with E-state index in [9.17, 15) is 24.4 Å². The Morgan fingerprint density at radius 2 is 1.38 bits per heavy atom. The number of benzene rings is 3. The number of amides is 4. The summed E-state index contributed by atoms with van der Waals surface area (Å²) in [4.78, 5) is 67.8. The molecule has 2 saturated heterocycles. The number of rotatable bonds is 11. The molecule has 0 bridgehead atoms. The number of nitrogens with zero attached hydrogens (tertiary/aromatic N) is 5. The molecule has 1 unspecified atom stereocenters. The highest BCUT2D eigenvalue weighted by atomic mass is 16.5. The van der Waals surface area contributed by atoms with Crippen LogP contribution in [0.5, 0.6) is 0 Å². The number of imidazole rings is 1. The summed E-state index contributed by atoms with van der Waals surface area (Å²) < 4.78 is 9.53. The molecule has 312 valence electrons. The third kappa shape index (κ3) is 8.61. The second-order valence-corrected chi connectivity index (χ2v) is 16.5. The fraction of sp³-hybridized carbons (Fsp3) is 0.413. The van der Waals surface area contributed by atoms with E-state index < -0.39 is 24.3 Å². The number of nitriles is 1. The van der Waals surface area contributed by atoms with Crippen molar-refractivity contribution in [3.63, 3.8) is 0 Å². The van der Waals surface area contributed by atoms with Crippen LogP contribution < -0.4 is 10.6 Å². The molecule has 4 aromatic rings. The van der Waals surface area contributed by atoms with Crippen LogP contribution in [0.25, 0.3) is 38.7 Å². The Bertz CT molecular complexity index is 2380. The van der Waals surface area contributed by atoms with E-state index >= 15 is 0 Å². The van der Waals surface area contributed by atoms with E-state index in [0.29, 0.717) is 19.4 Å². The van der Waals surface area contributed by atoms with E-state index in [1.54, 1.807) is 4.90 Å². The van der Waals surface area contributed by atoms with Gasteiger partial charge in [-0.2, -0.15) is 5.26 Å². The van der Waals surface area contributed by atoms with Gasteiger partial charge in [-0.05, 0) is 76.3 Å². The number of alkyl carbamates (subject to hydrolysis) is 2. The minimum atomic E-state index is -0.780. The van der Waals surface area contributed by atoms with Gasteiger partial charge in [0.15, 0.2) is 0 Å². The predicted molar refractivity (Wildman–Crippen MR) is 228 cm³/mol. The first-order valence-corrected chi connectivity index (χ1v) is 20.5. The molecular weight excluding hydrogens is 761 g/mol. The lowest BCUT2D eigenvalue weighted by atomic mass is 9.94. The first kappa shape index (κ1) is 41.7. The van der Waals surface area contributed by atoms with Gasteiger partial charge in [0.2, 0.25) is 11.8 Å². The third-order valence-corrected chi connectivity index (χ3v) is 11.9. The lowest BCUT2D eigenvalue weighted by Gasteiger charge is -2.31. The lowest BCUT2D eigenvalue weighted by Crippen LogP contribution is -2.53. The number of aliphatic imine (C=N–C) groups is 1. The Balaban J connectivity index is 1.01. The van der Waals surface area contributed by atoms with Crippen LogP contribution in [-0.4, -0.2) is 94.9 Å². The van der Waals surface area contributed by atoms with Crippen LogP contribution in [0.4, 0.5) is 9.59 Å². The molecule has 0 saturated carbocycles. The van der Waals surface area contributed by atoms with Crippen LogP contribution in [0, 0.1) is 29.1 Å². The summed E-state index contributed by atoms with van der Waals surface area (Å²) in [5.74, 6) is -0.271. The summed E-state index contributed by atoms with van der Waals surface area (Å²) in [7, 11) is 2.55. The highest BCUT2D eigenvalue weighted by Gasteiger charge is 2.42. The van der Waals surface area contributed by atoms with E-state index in [4.69, 9.17) is 19.5 Å². The molecule has 14 nitrogen and oxygen atoms in total. The first-order chi connectivity index (χ1) is 28.9. The molecule has 2 fully saturated rings. The molecule has 0 spiro atoms. The third-order valence-electron chi connectivity index (χ3n) is 11.9. The maximum atomic E-state index is 13.7. The van der Waals surface area contributed by atoms with Gasteiger partial charge < -0.3 is 34.9 Å². The average Bonchev–Trinajstić information content (AvgIpc) is 4.10. The molecular formula is C46H52N8O6. The second kappa shape index (κ2) is 17.8. The van der Waals surface area contributed by atoms with Crippen LogP contribution >= 0.6 is 0 Å². The fourth-order valence-electron chi connectivity index (χ4n) is 8.51. The van der Waals surface area contributed by atoms with Gasteiger partial charge in [-0.15, -0.1) is 0 Å². The number of ether oxygens (including phenoxy) is 2. The molecule has 1 aromatic heterocycles. The number of nitrogens with one attached hydrogen (secondary N) is 3. The van der Waals surface area contributed by atoms with Crippen molar-refractivity contribution in [1.82, 2.24) is 30.4 Å². The molecule has 0 aliphatic carbocycles. The molecule has 0 radical (unpaired) electrons. The molecule has 4 heterocycles. The van der Waals surface area contributed by atoms with Gasteiger partial charge in [0, 0.05) is 37.0 Å². The highest BCUT2D eigenvalue weighted by Crippen LogP contribution is 2.36. The number of carbonyl (C=O) groups excluding carboxylic acids is 4. The van der Waals surface area contributed by atoms with E-state index in [1.807, 2.05) is 45.0 Å². The average molecular weight is 813 g/mol. The van der Waals surface area contributed by atoms with Crippen LogP contribution in [0.2, 0.25) is 0 Å². The number of hydrogen-bond donors (Lipinski definition) is 3. The lowest BCUT2D eigenvalue weighted by molar-refractivity contribution is -0.135. The summed E-state index contributed by atoms with van der Waals surface area (Å²) >= 11 is 0. The van der Waals surface area contributed by atoms with Gasteiger partial charge >= 0.3 is 12.2 Å². The van der Waals surface area contributed by atoms with Crippen molar-refractivity contribution in [3.8, 4) is 28.5 Å². The number of H-pyrrole nitrogens is 1. The van der Waals surface area contributed by atoms with Gasteiger partial charge in [-0.1, -0.05) is 76.2 Å². The molecule has 60 heavy (non-hydrogen) atoms. The molecule has 4 amide bonds. The van der Waals surface area contributed by atoms with E-state index in [2.05, 4.69) is 82.4 Å². The zero-order valence-corrected chi connectivity index (χ0v) is 34.9. The van der Waals surface area contributed by atoms with Crippen molar-refractivity contribution in [2.45, 2.75) is 77.5 Å². The normalized spacial score (nSPS) is 19.8. The van der Waals surface area contributed by atoms with Crippen LogP contribution in [0.1, 0.15) is 70.8 Å². The van der Waals surface area contributed by atoms with Crippen molar-refractivity contribution in [1.29, 1.82) is 5.26 Å². The molecule has 3 aliphatic heterocycles. The Hall–Kier alpha value is -6.49. The second-order valence-electron chi connectivity index (χ2n) is 16.5. The summed E-state index contributed by atoms with van der Waals surface area (Å²) in [6, 6.07) is 21.4. The number of aromatic nitrogens is 2. The van der Waals surface area contributed by atoms with Gasteiger partial charge in [-0.3, -0.25) is 14.6 Å². The maximum absolute atomic E-state index is 13.7. The number of likely N-dealkylation sites (tertiary alicyclic amines) is 2. The summed E-state index contributed by atoms with van der Waals surface area (Å²) in [5, 5.41) is 17.3. The monoisotopic (exact) mass is 812 g/mol. The number of carbonyl (C=O) groups is 4.